The minimum absolute atomic E-state index is 0.162. The van der Waals surface area contributed by atoms with Crippen LogP contribution in [-0.4, -0.2) is 39.4 Å². The predicted molar refractivity (Wildman–Crippen MR) is 90.2 cm³/mol. The molecule has 124 valence electrons. The molecule has 0 saturated carbocycles. The number of amides is 1. The highest BCUT2D eigenvalue weighted by Crippen LogP contribution is 2.33. The van der Waals surface area contributed by atoms with Crippen LogP contribution in [0.2, 0.25) is 0 Å². The average Bonchev–Trinajstić information content (AvgIpc) is 3.01. The Morgan fingerprint density at radius 3 is 2.70 bits per heavy atom. The van der Waals surface area contributed by atoms with Gasteiger partial charge < -0.3 is 10.1 Å². The molecule has 7 nitrogen and oxygen atoms in total. The van der Waals surface area contributed by atoms with Gasteiger partial charge in [-0.1, -0.05) is 11.8 Å². The van der Waals surface area contributed by atoms with Crippen molar-refractivity contribution in [2.45, 2.75) is 32.9 Å². The number of thioether (sulfide) groups is 1. The second-order valence-corrected chi connectivity index (χ2v) is 6.92. The van der Waals surface area contributed by atoms with E-state index in [2.05, 4.69) is 20.5 Å². The van der Waals surface area contributed by atoms with E-state index in [1.807, 2.05) is 13.8 Å². The second kappa shape index (κ2) is 7.60. The van der Waals surface area contributed by atoms with Gasteiger partial charge in [0, 0.05) is 4.88 Å². The smallest absolute Gasteiger partial charge is 0.341 e. The third-order valence-corrected chi connectivity index (χ3v) is 5.00. The van der Waals surface area contributed by atoms with E-state index in [-0.39, 0.29) is 11.7 Å². The van der Waals surface area contributed by atoms with Crippen molar-refractivity contribution in [2.24, 2.45) is 0 Å². The topological polar surface area (TPSA) is 97.0 Å². The number of ether oxygens (including phenoxy) is 1. The van der Waals surface area contributed by atoms with Crippen molar-refractivity contribution in [2.75, 3.05) is 17.7 Å². The van der Waals surface area contributed by atoms with Crippen molar-refractivity contribution in [1.82, 2.24) is 15.2 Å². The summed E-state index contributed by atoms with van der Waals surface area (Å²) in [6.07, 6.45) is 0. The minimum Gasteiger partial charge on any atom is -0.462 e. The Morgan fingerprint density at radius 1 is 1.35 bits per heavy atom. The van der Waals surface area contributed by atoms with Crippen LogP contribution in [0.15, 0.2) is 5.16 Å². The number of nitrogens with zero attached hydrogens (tertiary/aromatic N) is 2. The average molecular weight is 354 g/mol. The van der Waals surface area contributed by atoms with E-state index in [1.165, 1.54) is 23.1 Å². The Bertz CT molecular complexity index is 724. The van der Waals surface area contributed by atoms with Crippen LogP contribution in [0.4, 0.5) is 5.00 Å². The van der Waals surface area contributed by atoms with Crippen LogP contribution in [0.3, 0.4) is 0 Å². The van der Waals surface area contributed by atoms with Gasteiger partial charge in [0.1, 0.15) is 10.8 Å². The number of esters is 1. The molecule has 0 atom stereocenters. The standard InChI is InChI=1S/C14H18N4O3S2/c1-5-21-13(20)11-7(2)8(3)23-12(11)16-10(19)6-22-14-15-9(4)17-18-14/h5-6H2,1-4H3,(H,16,19)(H,15,17,18). The molecule has 0 radical (unpaired) electrons. The van der Waals surface area contributed by atoms with Crippen LogP contribution in [-0.2, 0) is 9.53 Å². The molecule has 2 N–H and O–H groups in total. The Hall–Kier alpha value is -1.87. The molecule has 0 spiro atoms. The summed E-state index contributed by atoms with van der Waals surface area (Å²) in [5.41, 5.74) is 1.27. The SMILES string of the molecule is CCOC(=O)c1c(NC(=O)CSc2n[nH]c(C)n2)sc(C)c1C. The van der Waals surface area contributed by atoms with Gasteiger partial charge >= 0.3 is 5.97 Å². The number of anilines is 1. The van der Waals surface area contributed by atoms with Crippen molar-refractivity contribution >= 4 is 40.0 Å². The number of nitrogens with one attached hydrogen (secondary N) is 2. The first kappa shape index (κ1) is 17.5. The summed E-state index contributed by atoms with van der Waals surface area (Å²) < 4.78 is 5.06. The van der Waals surface area contributed by atoms with Crippen LogP contribution in [0.5, 0.6) is 0 Å². The summed E-state index contributed by atoms with van der Waals surface area (Å²) >= 11 is 2.60. The number of carbonyl (C=O) groups is 2. The van der Waals surface area contributed by atoms with Gasteiger partial charge in [0.2, 0.25) is 11.1 Å². The normalized spacial score (nSPS) is 10.6. The molecule has 0 aromatic carbocycles. The zero-order valence-electron chi connectivity index (χ0n) is 13.3. The molecular formula is C14H18N4O3S2. The zero-order valence-corrected chi connectivity index (χ0v) is 15.0. The van der Waals surface area contributed by atoms with E-state index in [9.17, 15) is 9.59 Å². The van der Waals surface area contributed by atoms with E-state index < -0.39 is 5.97 Å². The van der Waals surface area contributed by atoms with Crippen LogP contribution in [0.1, 0.15) is 33.5 Å². The molecule has 0 aliphatic rings. The number of hydrogen-bond acceptors (Lipinski definition) is 7. The third-order valence-electron chi connectivity index (χ3n) is 3.03. The number of H-pyrrole nitrogens is 1. The number of hydrogen-bond donors (Lipinski definition) is 2. The largest absolute Gasteiger partial charge is 0.462 e. The van der Waals surface area contributed by atoms with E-state index in [1.54, 1.807) is 13.8 Å². The quantitative estimate of drug-likeness (QED) is 0.611. The molecule has 0 fully saturated rings. The monoisotopic (exact) mass is 354 g/mol. The molecule has 0 unspecified atom stereocenters. The van der Waals surface area contributed by atoms with Crippen LogP contribution >= 0.6 is 23.1 Å². The molecule has 0 bridgehead atoms. The predicted octanol–water partition coefficient (Wildman–Crippen LogP) is 2.70. The maximum atomic E-state index is 12.1. The molecule has 9 heteroatoms. The fourth-order valence-corrected chi connectivity index (χ4v) is 3.55. The third kappa shape index (κ3) is 4.32. The molecule has 0 saturated heterocycles. The fourth-order valence-electron chi connectivity index (χ4n) is 1.84. The highest BCUT2D eigenvalue weighted by Gasteiger charge is 2.22. The van der Waals surface area contributed by atoms with E-state index in [4.69, 9.17) is 4.74 Å². The molecule has 1 amide bonds. The fraction of sp³-hybridized carbons (Fsp3) is 0.429. The summed E-state index contributed by atoms with van der Waals surface area (Å²) in [6, 6.07) is 0. The van der Waals surface area contributed by atoms with Crippen molar-refractivity contribution in [3.63, 3.8) is 0 Å². The molecule has 2 rings (SSSR count). The zero-order chi connectivity index (χ0) is 17.0. The maximum Gasteiger partial charge on any atom is 0.341 e. The molecule has 2 heterocycles. The summed E-state index contributed by atoms with van der Waals surface area (Å²) in [5.74, 6) is 0.225. The molecular weight excluding hydrogens is 336 g/mol. The van der Waals surface area contributed by atoms with Crippen LogP contribution < -0.4 is 5.32 Å². The lowest BCUT2D eigenvalue weighted by Crippen LogP contribution is -2.16. The van der Waals surface area contributed by atoms with E-state index >= 15 is 0 Å². The van der Waals surface area contributed by atoms with Gasteiger partial charge in [-0.15, -0.1) is 16.4 Å². The Kier molecular flexibility index (Phi) is 5.78. The highest BCUT2D eigenvalue weighted by molar-refractivity contribution is 7.99. The Balaban J connectivity index is 2.05. The number of aromatic amines is 1. The lowest BCUT2D eigenvalue weighted by Gasteiger charge is -2.06. The first-order valence-electron chi connectivity index (χ1n) is 7.01. The number of thiophene rings is 1. The molecule has 2 aromatic rings. The summed E-state index contributed by atoms with van der Waals surface area (Å²) in [6.45, 7) is 7.59. The number of carbonyl (C=O) groups excluding carboxylic acids is 2. The first-order chi connectivity index (χ1) is 10.9. The molecule has 23 heavy (non-hydrogen) atoms. The molecule has 2 aromatic heterocycles. The number of rotatable bonds is 6. The van der Waals surface area contributed by atoms with Gasteiger partial charge in [0.25, 0.3) is 0 Å². The van der Waals surface area contributed by atoms with Gasteiger partial charge in [-0.25, -0.2) is 9.78 Å². The van der Waals surface area contributed by atoms with Gasteiger partial charge in [-0.3, -0.25) is 9.89 Å². The first-order valence-corrected chi connectivity index (χ1v) is 8.81. The van der Waals surface area contributed by atoms with Crippen LogP contribution in [0, 0.1) is 20.8 Å². The van der Waals surface area contributed by atoms with Crippen molar-refractivity contribution < 1.29 is 14.3 Å². The maximum absolute atomic E-state index is 12.1. The lowest BCUT2D eigenvalue weighted by molar-refractivity contribution is -0.113. The van der Waals surface area contributed by atoms with Gasteiger partial charge in [0.15, 0.2) is 0 Å². The van der Waals surface area contributed by atoms with Gasteiger partial charge in [-0.05, 0) is 33.3 Å². The Labute approximate surface area is 142 Å². The Morgan fingerprint density at radius 2 is 2.09 bits per heavy atom. The summed E-state index contributed by atoms with van der Waals surface area (Å²) in [4.78, 5) is 29.3. The molecule has 0 aliphatic heterocycles. The van der Waals surface area contributed by atoms with Crippen molar-refractivity contribution in [1.29, 1.82) is 0 Å². The van der Waals surface area contributed by atoms with Gasteiger partial charge in [-0.2, -0.15) is 0 Å². The molecule has 0 aliphatic carbocycles. The lowest BCUT2D eigenvalue weighted by atomic mass is 10.1. The minimum atomic E-state index is -0.415. The van der Waals surface area contributed by atoms with Crippen LogP contribution in [0.25, 0.3) is 0 Å². The van der Waals surface area contributed by atoms with E-state index in [0.717, 1.165) is 10.4 Å². The number of aryl methyl sites for hydroxylation is 2. The summed E-state index contributed by atoms with van der Waals surface area (Å²) in [5, 5.41) is 10.5. The van der Waals surface area contributed by atoms with Crippen molar-refractivity contribution in [3.05, 3.63) is 21.8 Å². The van der Waals surface area contributed by atoms with E-state index in [0.29, 0.717) is 28.2 Å². The highest BCUT2D eigenvalue weighted by atomic mass is 32.2. The van der Waals surface area contributed by atoms with Crippen molar-refractivity contribution in [3.8, 4) is 0 Å². The number of aromatic nitrogens is 3. The second-order valence-electron chi connectivity index (χ2n) is 4.75. The summed E-state index contributed by atoms with van der Waals surface area (Å²) in [7, 11) is 0. The van der Waals surface area contributed by atoms with Gasteiger partial charge in [0.05, 0.1) is 17.9 Å².